The number of hydrogen-bond acceptors (Lipinski definition) is 5. The molecule has 0 aliphatic heterocycles. The fourth-order valence-electron chi connectivity index (χ4n) is 2.13. The van der Waals surface area contributed by atoms with Crippen molar-refractivity contribution in [1.29, 1.82) is 5.26 Å². The van der Waals surface area contributed by atoms with E-state index in [-0.39, 0.29) is 6.54 Å². The molecule has 124 valence electrons. The minimum absolute atomic E-state index is 0.265. The summed E-state index contributed by atoms with van der Waals surface area (Å²) in [4.78, 5) is 26.3. The van der Waals surface area contributed by atoms with Crippen LogP contribution in [0.4, 0.5) is 5.69 Å². The van der Waals surface area contributed by atoms with Gasteiger partial charge in [-0.2, -0.15) is 5.26 Å². The van der Waals surface area contributed by atoms with Crippen molar-refractivity contribution in [3.8, 4) is 6.07 Å². The third-order valence-electron chi connectivity index (χ3n) is 3.41. The number of ether oxygens (including phenoxy) is 1. The standard InChI is InChI=1S/C17H23N3O3/c1-4-10-20(2)14-7-5-13(6-8-14)16(21)15(12-18)17(22)19-9-11-23-3/h5-8,15H,4,9-11H2,1-3H3,(H,19,22). The van der Waals surface area contributed by atoms with Crippen molar-refractivity contribution >= 4 is 17.4 Å². The molecule has 23 heavy (non-hydrogen) atoms. The lowest BCUT2D eigenvalue weighted by Gasteiger charge is -2.18. The zero-order chi connectivity index (χ0) is 17.2. The molecule has 0 spiro atoms. The van der Waals surface area contributed by atoms with Crippen LogP contribution in [0.15, 0.2) is 24.3 Å². The molecule has 0 heterocycles. The summed E-state index contributed by atoms with van der Waals surface area (Å²) in [6, 6.07) is 8.71. The van der Waals surface area contributed by atoms with Crippen LogP contribution in [-0.4, -0.2) is 45.5 Å². The van der Waals surface area contributed by atoms with Gasteiger partial charge in [0, 0.05) is 38.5 Å². The Hall–Kier alpha value is -2.39. The van der Waals surface area contributed by atoms with Crippen LogP contribution < -0.4 is 10.2 Å². The average molecular weight is 317 g/mol. The van der Waals surface area contributed by atoms with Gasteiger partial charge >= 0.3 is 0 Å². The summed E-state index contributed by atoms with van der Waals surface area (Å²) in [6.45, 7) is 3.60. The summed E-state index contributed by atoms with van der Waals surface area (Å²) < 4.78 is 4.82. The van der Waals surface area contributed by atoms with Crippen LogP contribution >= 0.6 is 0 Å². The number of Topliss-reactive ketones (excluding diaryl/α,β-unsaturated/α-hetero) is 1. The Bertz CT molecular complexity index is 563. The molecule has 1 amide bonds. The van der Waals surface area contributed by atoms with E-state index in [0.717, 1.165) is 18.7 Å². The number of nitrogens with zero attached hydrogens (tertiary/aromatic N) is 2. The van der Waals surface area contributed by atoms with Crippen LogP contribution in [0.1, 0.15) is 23.7 Å². The van der Waals surface area contributed by atoms with E-state index in [2.05, 4.69) is 17.1 Å². The molecule has 0 saturated carbocycles. The Kier molecular flexibility index (Phi) is 7.78. The topological polar surface area (TPSA) is 82.4 Å². The zero-order valence-electron chi connectivity index (χ0n) is 13.8. The fourth-order valence-corrected chi connectivity index (χ4v) is 2.13. The largest absolute Gasteiger partial charge is 0.383 e. The highest BCUT2D eigenvalue weighted by Crippen LogP contribution is 2.16. The zero-order valence-corrected chi connectivity index (χ0v) is 13.8. The Balaban J connectivity index is 2.78. The van der Waals surface area contributed by atoms with Gasteiger partial charge in [0.1, 0.15) is 0 Å². The monoisotopic (exact) mass is 317 g/mol. The van der Waals surface area contributed by atoms with Gasteiger partial charge in [-0.25, -0.2) is 0 Å². The summed E-state index contributed by atoms with van der Waals surface area (Å²) in [5, 5.41) is 11.6. The van der Waals surface area contributed by atoms with Gasteiger partial charge in [-0.05, 0) is 30.7 Å². The highest BCUT2D eigenvalue weighted by atomic mass is 16.5. The predicted octanol–water partition coefficient (Wildman–Crippen LogP) is 1.62. The molecule has 1 unspecified atom stereocenters. The van der Waals surface area contributed by atoms with Crippen molar-refractivity contribution in [2.75, 3.05) is 38.8 Å². The molecule has 0 aliphatic carbocycles. The molecule has 1 aromatic rings. The minimum atomic E-state index is -1.34. The maximum atomic E-state index is 12.3. The van der Waals surface area contributed by atoms with Crippen molar-refractivity contribution in [3.05, 3.63) is 29.8 Å². The number of rotatable bonds is 9. The highest BCUT2D eigenvalue weighted by Gasteiger charge is 2.27. The van der Waals surface area contributed by atoms with Gasteiger partial charge in [0.25, 0.3) is 0 Å². The number of nitriles is 1. The SMILES string of the molecule is CCCN(C)c1ccc(C(=O)C(C#N)C(=O)NCCOC)cc1. The normalized spacial score (nSPS) is 11.4. The second kappa shape index (κ2) is 9.59. The first-order chi connectivity index (χ1) is 11.0. The van der Waals surface area contributed by atoms with Crippen molar-refractivity contribution in [2.24, 2.45) is 5.92 Å². The number of carbonyl (C=O) groups excluding carboxylic acids is 2. The lowest BCUT2D eigenvalue weighted by atomic mass is 9.97. The summed E-state index contributed by atoms with van der Waals surface area (Å²) >= 11 is 0. The van der Waals surface area contributed by atoms with Gasteiger partial charge in [-0.1, -0.05) is 6.92 Å². The molecule has 6 nitrogen and oxygen atoms in total. The number of anilines is 1. The first-order valence-electron chi connectivity index (χ1n) is 7.56. The van der Waals surface area contributed by atoms with Crippen LogP contribution in [0, 0.1) is 17.2 Å². The smallest absolute Gasteiger partial charge is 0.245 e. The summed E-state index contributed by atoms with van der Waals surface area (Å²) in [5.41, 5.74) is 1.34. The average Bonchev–Trinajstić information content (AvgIpc) is 2.56. The third-order valence-corrected chi connectivity index (χ3v) is 3.41. The molecule has 6 heteroatoms. The van der Waals surface area contributed by atoms with E-state index in [0.29, 0.717) is 12.2 Å². The van der Waals surface area contributed by atoms with Crippen molar-refractivity contribution in [1.82, 2.24) is 5.32 Å². The van der Waals surface area contributed by atoms with E-state index < -0.39 is 17.6 Å². The van der Waals surface area contributed by atoms with Crippen molar-refractivity contribution in [3.63, 3.8) is 0 Å². The van der Waals surface area contributed by atoms with Crippen LogP contribution in [-0.2, 0) is 9.53 Å². The Morgan fingerprint density at radius 3 is 2.52 bits per heavy atom. The molecule has 0 aromatic heterocycles. The Morgan fingerprint density at radius 2 is 2.00 bits per heavy atom. The molecule has 0 fully saturated rings. The van der Waals surface area contributed by atoms with Crippen LogP contribution in [0.3, 0.4) is 0 Å². The maximum absolute atomic E-state index is 12.3. The quantitative estimate of drug-likeness (QED) is 0.425. The van der Waals surface area contributed by atoms with Gasteiger partial charge < -0.3 is 15.0 Å². The van der Waals surface area contributed by atoms with E-state index in [1.165, 1.54) is 7.11 Å². The van der Waals surface area contributed by atoms with Crippen molar-refractivity contribution < 1.29 is 14.3 Å². The first kappa shape index (κ1) is 18.7. The number of methoxy groups -OCH3 is 1. The highest BCUT2D eigenvalue weighted by molar-refractivity contribution is 6.12. The van der Waals surface area contributed by atoms with Gasteiger partial charge in [-0.3, -0.25) is 9.59 Å². The molecule has 0 bridgehead atoms. The first-order valence-corrected chi connectivity index (χ1v) is 7.56. The molecule has 1 aromatic carbocycles. The van der Waals surface area contributed by atoms with E-state index in [9.17, 15) is 9.59 Å². The molecule has 1 rings (SSSR count). The summed E-state index contributed by atoms with van der Waals surface area (Å²) in [7, 11) is 3.48. The number of amides is 1. The van der Waals surface area contributed by atoms with E-state index in [4.69, 9.17) is 10.00 Å². The van der Waals surface area contributed by atoms with Gasteiger partial charge in [-0.15, -0.1) is 0 Å². The minimum Gasteiger partial charge on any atom is -0.383 e. The second-order valence-corrected chi connectivity index (χ2v) is 5.18. The molecular weight excluding hydrogens is 294 g/mol. The second-order valence-electron chi connectivity index (χ2n) is 5.18. The molecule has 1 N–H and O–H groups in total. The summed E-state index contributed by atoms with van der Waals surface area (Å²) in [5.74, 6) is -2.43. The van der Waals surface area contributed by atoms with Gasteiger partial charge in [0.15, 0.2) is 11.7 Å². The van der Waals surface area contributed by atoms with Crippen LogP contribution in [0.5, 0.6) is 0 Å². The molecule has 1 atom stereocenters. The lowest BCUT2D eigenvalue weighted by Crippen LogP contribution is -2.36. The molecule has 0 aliphatic rings. The van der Waals surface area contributed by atoms with E-state index in [1.54, 1.807) is 18.2 Å². The maximum Gasteiger partial charge on any atom is 0.245 e. The predicted molar refractivity (Wildman–Crippen MR) is 88.3 cm³/mol. The van der Waals surface area contributed by atoms with E-state index >= 15 is 0 Å². The van der Waals surface area contributed by atoms with Gasteiger partial charge in [0.05, 0.1) is 12.7 Å². The molecule has 0 saturated heterocycles. The van der Waals surface area contributed by atoms with Crippen LogP contribution in [0.2, 0.25) is 0 Å². The summed E-state index contributed by atoms with van der Waals surface area (Å²) in [6.07, 6.45) is 1.02. The van der Waals surface area contributed by atoms with Crippen LogP contribution in [0.25, 0.3) is 0 Å². The van der Waals surface area contributed by atoms with Crippen molar-refractivity contribution in [2.45, 2.75) is 13.3 Å². The number of hydrogen-bond donors (Lipinski definition) is 1. The fraction of sp³-hybridized carbons (Fsp3) is 0.471. The number of ketones is 1. The third kappa shape index (κ3) is 5.38. The Labute approximate surface area is 137 Å². The number of nitrogens with one attached hydrogen (secondary N) is 1. The number of benzene rings is 1. The number of carbonyl (C=O) groups is 2. The van der Waals surface area contributed by atoms with E-state index in [1.807, 2.05) is 19.2 Å². The molecule has 0 radical (unpaired) electrons. The molecular formula is C17H23N3O3. The lowest BCUT2D eigenvalue weighted by molar-refractivity contribution is -0.122. The Morgan fingerprint density at radius 1 is 1.35 bits per heavy atom. The van der Waals surface area contributed by atoms with Gasteiger partial charge in [0.2, 0.25) is 5.91 Å².